The molecule has 0 bridgehead atoms. The lowest BCUT2D eigenvalue weighted by Crippen LogP contribution is -2.06. The Bertz CT molecular complexity index is 563. The summed E-state index contributed by atoms with van der Waals surface area (Å²) in [6, 6.07) is 6.13. The molecule has 1 aromatic carbocycles. The average molecular weight is 295 g/mol. The van der Waals surface area contributed by atoms with Crippen LogP contribution in [0.2, 0.25) is 0 Å². The van der Waals surface area contributed by atoms with E-state index in [1.54, 1.807) is 0 Å². The molecule has 20 heavy (non-hydrogen) atoms. The highest BCUT2D eigenvalue weighted by Gasteiger charge is 2.14. The summed E-state index contributed by atoms with van der Waals surface area (Å²) >= 11 is 5.91. The van der Waals surface area contributed by atoms with Gasteiger partial charge in [0, 0.05) is 18.8 Å². The zero-order valence-electron chi connectivity index (χ0n) is 12.5. The van der Waals surface area contributed by atoms with E-state index in [-0.39, 0.29) is 0 Å². The average Bonchev–Trinajstić information content (AvgIpc) is 2.76. The molecule has 0 aliphatic carbocycles. The van der Waals surface area contributed by atoms with Crippen molar-refractivity contribution >= 4 is 22.6 Å². The Hall–Kier alpha value is -1.22. The Kier molecular flexibility index (Phi) is 5.30. The van der Waals surface area contributed by atoms with Crippen LogP contribution in [0.4, 0.5) is 0 Å². The number of hydrogen-bond donors (Lipinski definition) is 0. The monoisotopic (exact) mass is 294 g/mol. The number of para-hydroxylation sites is 1. The van der Waals surface area contributed by atoms with Gasteiger partial charge in [0.05, 0.1) is 12.1 Å². The number of imidazole rings is 1. The second-order valence-electron chi connectivity index (χ2n) is 5.36. The minimum atomic E-state index is 0.592. The molecule has 3 nitrogen and oxygen atoms in total. The quantitative estimate of drug-likeness (QED) is 0.713. The molecule has 0 saturated carbocycles. The molecular weight excluding hydrogens is 272 g/mol. The summed E-state index contributed by atoms with van der Waals surface area (Å²) in [5.41, 5.74) is 2.11. The van der Waals surface area contributed by atoms with Crippen molar-refractivity contribution in [1.29, 1.82) is 0 Å². The lowest BCUT2D eigenvalue weighted by Gasteiger charge is -2.10. The predicted molar refractivity (Wildman–Crippen MR) is 84.8 cm³/mol. The molecule has 0 amide bonds. The lowest BCUT2D eigenvalue weighted by atomic mass is 10.1. The number of alkyl halides is 1. The van der Waals surface area contributed by atoms with Crippen molar-refractivity contribution < 1.29 is 4.74 Å². The number of fused-ring (bicyclic) bond motifs is 1. The SMILES string of the molecule is CCOc1cccc2c1nc(CCCl)n2CCC(C)C. The summed E-state index contributed by atoms with van der Waals surface area (Å²) in [5, 5.41) is 0. The number of benzene rings is 1. The predicted octanol–water partition coefficient (Wildman–Crippen LogP) is 4.26. The molecule has 0 aliphatic rings. The van der Waals surface area contributed by atoms with E-state index in [0.29, 0.717) is 18.4 Å². The first-order valence-corrected chi connectivity index (χ1v) is 7.87. The van der Waals surface area contributed by atoms with Crippen LogP contribution in [0.1, 0.15) is 33.0 Å². The largest absolute Gasteiger partial charge is 0.492 e. The van der Waals surface area contributed by atoms with Gasteiger partial charge < -0.3 is 9.30 Å². The third-order valence-corrected chi connectivity index (χ3v) is 3.56. The topological polar surface area (TPSA) is 27.1 Å². The zero-order chi connectivity index (χ0) is 14.5. The molecule has 0 radical (unpaired) electrons. The Morgan fingerprint density at radius 2 is 2.15 bits per heavy atom. The van der Waals surface area contributed by atoms with Crippen LogP contribution >= 0.6 is 11.6 Å². The van der Waals surface area contributed by atoms with Crippen LogP contribution in [0.5, 0.6) is 5.75 Å². The molecule has 1 aromatic heterocycles. The molecule has 0 aliphatic heterocycles. The number of halogens is 1. The van der Waals surface area contributed by atoms with Crippen LogP contribution in [0.3, 0.4) is 0 Å². The van der Waals surface area contributed by atoms with Gasteiger partial charge in [-0.05, 0) is 31.4 Å². The molecule has 0 saturated heterocycles. The van der Waals surface area contributed by atoms with Crippen molar-refractivity contribution in [2.75, 3.05) is 12.5 Å². The lowest BCUT2D eigenvalue weighted by molar-refractivity contribution is 0.343. The molecule has 4 heteroatoms. The Morgan fingerprint density at radius 1 is 1.35 bits per heavy atom. The van der Waals surface area contributed by atoms with Crippen molar-refractivity contribution in [3.05, 3.63) is 24.0 Å². The molecule has 2 aromatic rings. The van der Waals surface area contributed by atoms with Gasteiger partial charge in [-0.2, -0.15) is 0 Å². The fourth-order valence-electron chi connectivity index (χ4n) is 2.35. The summed E-state index contributed by atoms with van der Waals surface area (Å²) in [6.45, 7) is 8.12. The molecule has 0 unspecified atom stereocenters. The number of aryl methyl sites for hydroxylation is 2. The third-order valence-electron chi connectivity index (χ3n) is 3.37. The summed E-state index contributed by atoms with van der Waals surface area (Å²) in [6.07, 6.45) is 1.93. The summed E-state index contributed by atoms with van der Waals surface area (Å²) in [5.74, 6) is 3.19. The first kappa shape index (κ1) is 15.2. The van der Waals surface area contributed by atoms with E-state index in [1.165, 1.54) is 0 Å². The highest BCUT2D eigenvalue weighted by atomic mass is 35.5. The minimum absolute atomic E-state index is 0.592. The zero-order valence-corrected chi connectivity index (χ0v) is 13.3. The Balaban J connectivity index is 2.45. The molecule has 1 heterocycles. The van der Waals surface area contributed by atoms with Crippen molar-refractivity contribution in [3.63, 3.8) is 0 Å². The van der Waals surface area contributed by atoms with Gasteiger partial charge >= 0.3 is 0 Å². The summed E-state index contributed by atoms with van der Waals surface area (Å²) in [7, 11) is 0. The maximum Gasteiger partial charge on any atom is 0.147 e. The Labute approximate surface area is 125 Å². The van der Waals surface area contributed by atoms with E-state index < -0.39 is 0 Å². The van der Waals surface area contributed by atoms with Crippen molar-refractivity contribution in [2.24, 2.45) is 5.92 Å². The van der Waals surface area contributed by atoms with Crippen molar-refractivity contribution in [3.8, 4) is 5.75 Å². The molecular formula is C16H23ClN2O. The van der Waals surface area contributed by atoms with E-state index in [9.17, 15) is 0 Å². The summed E-state index contributed by atoms with van der Waals surface area (Å²) < 4.78 is 7.97. The second-order valence-corrected chi connectivity index (χ2v) is 5.74. The number of ether oxygens (including phenoxy) is 1. The smallest absolute Gasteiger partial charge is 0.147 e. The van der Waals surface area contributed by atoms with E-state index in [4.69, 9.17) is 21.3 Å². The number of rotatable bonds is 7. The maximum atomic E-state index is 5.91. The van der Waals surface area contributed by atoms with Gasteiger partial charge in [-0.25, -0.2) is 4.98 Å². The number of aromatic nitrogens is 2. The van der Waals surface area contributed by atoms with Gasteiger partial charge in [-0.3, -0.25) is 0 Å². The van der Waals surface area contributed by atoms with Crippen LogP contribution in [0, 0.1) is 5.92 Å². The van der Waals surface area contributed by atoms with Gasteiger partial charge in [0.1, 0.15) is 17.1 Å². The normalized spacial score (nSPS) is 11.4. The number of hydrogen-bond acceptors (Lipinski definition) is 2. The van der Waals surface area contributed by atoms with Crippen LogP contribution in [-0.2, 0) is 13.0 Å². The minimum Gasteiger partial charge on any atom is -0.492 e. The first-order chi connectivity index (χ1) is 9.67. The Morgan fingerprint density at radius 3 is 2.80 bits per heavy atom. The van der Waals surface area contributed by atoms with Gasteiger partial charge in [0.2, 0.25) is 0 Å². The molecule has 0 atom stereocenters. The van der Waals surface area contributed by atoms with Crippen LogP contribution in [0.25, 0.3) is 11.0 Å². The second kappa shape index (κ2) is 6.98. The van der Waals surface area contributed by atoms with Gasteiger partial charge in [0.25, 0.3) is 0 Å². The molecule has 0 fully saturated rings. The first-order valence-electron chi connectivity index (χ1n) is 7.34. The fraction of sp³-hybridized carbons (Fsp3) is 0.562. The van der Waals surface area contributed by atoms with E-state index in [2.05, 4.69) is 24.5 Å². The maximum absolute atomic E-state index is 5.91. The van der Waals surface area contributed by atoms with E-state index >= 15 is 0 Å². The van der Waals surface area contributed by atoms with Crippen molar-refractivity contribution in [1.82, 2.24) is 9.55 Å². The highest BCUT2D eigenvalue weighted by molar-refractivity contribution is 6.17. The van der Waals surface area contributed by atoms with Crippen LogP contribution in [-0.4, -0.2) is 22.0 Å². The van der Waals surface area contributed by atoms with E-state index in [1.807, 2.05) is 19.1 Å². The van der Waals surface area contributed by atoms with Gasteiger partial charge in [-0.15, -0.1) is 11.6 Å². The standard InChI is InChI=1S/C16H23ClN2O/c1-4-20-14-7-5-6-13-16(14)18-15(8-10-17)19(13)11-9-12(2)3/h5-7,12H,4,8-11H2,1-3H3. The van der Waals surface area contributed by atoms with Gasteiger partial charge in [0.15, 0.2) is 0 Å². The van der Waals surface area contributed by atoms with Crippen LogP contribution in [0.15, 0.2) is 18.2 Å². The molecule has 2 rings (SSSR count). The van der Waals surface area contributed by atoms with Crippen LogP contribution < -0.4 is 4.74 Å². The summed E-state index contributed by atoms with van der Waals surface area (Å²) in [4.78, 5) is 4.75. The van der Waals surface area contributed by atoms with Gasteiger partial charge in [-0.1, -0.05) is 19.9 Å². The highest BCUT2D eigenvalue weighted by Crippen LogP contribution is 2.27. The molecule has 0 N–H and O–H groups in total. The molecule has 110 valence electrons. The van der Waals surface area contributed by atoms with E-state index in [0.717, 1.165) is 42.0 Å². The van der Waals surface area contributed by atoms with Crippen molar-refractivity contribution in [2.45, 2.75) is 40.2 Å². The molecule has 0 spiro atoms. The fourth-order valence-corrected chi connectivity index (χ4v) is 2.52. The third kappa shape index (κ3) is 3.26. The number of nitrogens with zero attached hydrogens (tertiary/aromatic N) is 2.